The minimum absolute atomic E-state index is 0.110. The van der Waals surface area contributed by atoms with Crippen molar-refractivity contribution in [3.05, 3.63) is 34.9 Å². The first-order valence-electron chi connectivity index (χ1n) is 13.4. The minimum Gasteiger partial charge on any atom is -0.444 e. The lowest BCUT2D eigenvalue weighted by Gasteiger charge is -2.44. The highest BCUT2D eigenvalue weighted by Gasteiger charge is 2.42. The average molecular weight is 502 g/mol. The maximum atomic E-state index is 14.0. The number of nitrogens with zero attached hydrogens (tertiary/aromatic N) is 1. The zero-order valence-corrected chi connectivity index (χ0v) is 23.8. The first-order chi connectivity index (χ1) is 16.7. The summed E-state index contributed by atoms with van der Waals surface area (Å²) >= 11 is 0. The van der Waals surface area contributed by atoms with Crippen LogP contribution in [0, 0.1) is 13.8 Å². The van der Waals surface area contributed by atoms with Gasteiger partial charge in [0.05, 0.1) is 0 Å². The third-order valence-corrected chi connectivity index (χ3v) is 7.16. The first kappa shape index (κ1) is 29.7. The highest BCUT2D eigenvalue weighted by atomic mass is 16.6. The molecule has 0 heterocycles. The van der Waals surface area contributed by atoms with E-state index in [4.69, 9.17) is 4.74 Å². The molecule has 36 heavy (non-hydrogen) atoms. The second kappa shape index (κ2) is 12.1. The average Bonchev–Trinajstić information content (AvgIpc) is 2.78. The molecule has 0 spiro atoms. The summed E-state index contributed by atoms with van der Waals surface area (Å²) in [4.78, 5) is 42.0. The van der Waals surface area contributed by atoms with E-state index in [2.05, 4.69) is 10.6 Å². The van der Waals surface area contributed by atoms with E-state index in [0.717, 1.165) is 42.4 Å². The van der Waals surface area contributed by atoms with Crippen molar-refractivity contribution in [1.82, 2.24) is 15.5 Å². The Morgan fingerprint density at radius 3 is 2.17 bits per heavy atom. The molecule has 2 rings (SSSR count). The molecule has 1 aliphatic rings. The van der Waals surface area contributed by atoms with Gasteiger partial charge in [-0.05, 0) is 91.3 Å². The normalized spacial score (nSPS) is 16.6. The number of aryl methyl sites for hydroxylation is 2. The molecular formula is C29H47N3O4. The van der Waals surface area contributed by atoms with Crippen molar-refractivity contribution in [3.63, 3.8) is 0 Å². The van der Waals surface area contributed by atoms with Gasteiger partial charge in [0.15, 0.2) is 0 Å². The fourth-order valence-corrected chi connectivity index (χ4v) is 4.58. The van der Waals surface area contributed by atoms with Gasteiger partial charge in [0.2, 0.25) is 11.8 Å². The number of hydrogen-bond acceptors (Lipinski definition) is 4. The Kier molecular flexibility index (Phi) is 9.98. The number of alkyl carbamates (subject to hydrolysis) is 1. The SMILES string of the molecule is CCC(C)(C)N(C(=O)C(C)NC(=O)OC(C)(C)C)C(C(=O)NC1CCCCC1)c1ccc(C)c(C)c1. The highest BCUT2D eigenvalue weighted by Crippen LogP contribution is 2.33. The van der Waals surface area contributed by atoms with E-state index in [-0.39, 0.29) is 17.9 Å². The number of ether oxygens (including phenoxy) is 1. The van der Waals surface area contributed by atoms with Crippen LogP contribution in [0.4, 0.5) is 4.79 Å². The lowest BCUT2D eigenvalue weighted by Crippen LogP contribution is -2.59. The van der Waals surface area contributed by atoms with Gasteiger partial charge in [-0.15, -0.1) is 0 Å². The molecule has 2 N–H and O–H groups in total. The van der Waals surface area contributed by atoms with Crippen LogP contribution in [0.25, 0.3) is 0 Å². The quantitative estimate of drug-likeness (QED) is 0.477. The number of benzene rings is 1. The molecule has 0 aliphatic heterocycles. The Morgan fingerprint density at radius 1 is 1.03 bits per heavy atom. The maximum absolute atomic E-state index is 14.0. The van der Waals surface area contributed by atoms with Crippen molar-refractivity contribution in [3.8, 4) is 0 Å². The van der Waals surface area contributed by atoms with Gasteiger partial charge in [-0.25, -0.2) is 4.79 Å². The molecule has 1 aromatic rings. The van der Waals surface area contributed by atoms with Gasteiger partial charge in [0.1, 0.15) is 17.7 Å². The van der Waals surface area contributed by atoms with Crippen molar-refractivity contribution < 1.29 is 19.1 Å². The standard InChI is InChI=1S/C29H47N3O4/c1-10-29(8,9)32(26(34)21(4)30-27(35)36-28(5,6)7)24(22-17-16-19(2)20(3)18-22)25(33)31-23-14-12-11-13-15-23/h16-18,21,23-24H,10-15H2,1-9H3,(H,30,35)(H,31,33). The summed E-state index contributed by atoms with van der Waals surface area (Å²) in [5.74, 6) is -0.501. The number of nitrogens with one attached hydrogen (secondary N) is 2. The third kappa shape index (κ3) is 7.97. The molecule has 3 amide bonds. The van der Waals surface area contributed by atoms with Gasteiger partial charge < -0.3 is 20.3 Å². The van der Waals surface area contributed by atoms with Gasteiger partial charge >= 0.3 is 6.09 Å². The first-order valence-corrected chi connectivity index (χ1v) is 13.4. The minimum atomic E-state index is -0.873. The second-order valence-electron chi connectivity index (χ2n) is 11.8. The van der Waals surface area contributed by atoms with Crippen molar-refractivity contribution in [2.75, 3.05) is 0 Å². The summed E-state index contributed by atoms with van der Waals surface area (Å²) in [5, 5.41) is 5.92. The van der Waals surface area contributed by atoms with E-state index in [0.29, 0.717) is 6.42 Å². The zero-order valence-electron chi connectivity index (χ0n) is 23.8. The summed E-state index contributed by atoms with van der Waals surface area (Å²) in [7, 11) is 0. The van der Waals surface area contributed by atoms with E-state index in [9.17, 15) is 14.4 Å². The molecule has 7 heteroatoms. The predicted molar refractivity (Wildman–Crippen MR) is 144 cm³/mol. The predicted octanol–water partition coefficient (Wildman–Crippen LogP) is 5.72. The Bertz CT molecular complexity index is 929. The fourth-order valence-electron chi connectivity index (χ4n) is 4.58. The molecule has 7 nitrogen and oxygen atoms in total. The van der Waals surface area contributed by atoms with Crippen LogP contribution in [0.2, 0.25) is 0 Å². The summed E-state index contributed by atoms with van der Waals surface area (Å²) in [6, 6.07) is 4.34. The summed E-state index contributed by atoms with van der Waals surface area (Å²) in [5.41, 5.74) is 1.62. The van der Waals surface area contributed by atoms with Gasteiger partial charge in [0, 0.05) is 11.6 Å². The van der Waals surface area contributed by atoms with E-state index < -0.39 is 29.3 Å². The van der Waals surface area contributed by atoms with Gasteiger partial charge in [-0.3, -0.25) is 9.59 Å². The van der Waals surface area contributed by atoms with Crippen molar-refractivity contribution in [2.24, 2.45) is 0 Å². The fraction of sp³-hybridized carbons (Fsp3) is 0.690. The number of rotatable bonds is 8. The Balaban J connectivity index is 2.49. The maximum Gasteiger partial charge on any atom is 0.408 e. The van der Waals surface area contributed by atoms with Crippen molar-refractivity contribution in [2.45, 2.75) is 130 Å². The lowest BCUT2D eigenvalue weighted by molar-refractivity contribution is -0.149. The highest BCUT2D eigenvalue weighted by molar-refractivity contribution is 5.92. The molecule has 0 bridgehead atoms. The van der Waals surface area contributed by atoms with Crippen LogP contribution >= 0.6 is 0 Å². The molecule has 2 unspecified atom stereocenters. The van der Waals surface area contributed by atoms with Crippen LogP contribution in [0.3, 0.4) is 0 Å². The molecular weight excluding hydrogens is 454 g/mol. The second-order valence-corrected chi connectivity index (χ2v) is 11.8. The smallest absolute Gasteiger partial charge is 0.408 e. The van der Waals surface area contributed by atoms with E-state index in [1.807, 2.05) is 52.8 Å². The van der Waals surface area contributed by atoms with Crippen LogP contribution in [-0.4, -0.2) is 46.0 Å². The van der Waals surface area contributed by atoms with Crippen molar-refractivity contribution >= 4 is 17.9 Å². The van der Waals surface area contributed by atoms with E-state index in [1.165, 1.54) is 6.42 Å². The van der Waals surface area contributed by atoms with Gasteiger partial charge in [0.25, 0.3) is 0 Å². The molecule has 0 radical (unpaired) electrons. The molecule has 1 aliphatic carbocycles. The molecule has 202 valence electrons. The van der Waals surface area contributed by atoms with Crippen LogP contribution in [0.5, 0.6) is 0 Å². The van der Waals surface area contributed by atoms with Crippen LogP contribution < -0.4 is 10.6 Å². The largest absolute Gasteiger partial charge is 0.444 e. The van der Waals surface area contributed by atoms with Crippen molar-refractivity contribution in [1.29, 1.82) is 0 Å². The summed E-state index contributed by atoms with van der Waals surface area (Å²) < 4.78 is 5.37. The number of hydrogen-bond donors (Lipinski definition) is 2. The molecule has 0 saturated heterocycles. The van der Waals surface area contributed by atoms with E-state index in [1.54, 1.807) is 32.6 Å². The lowest BCUT2D eigenvalue weighted by atomic mass is 9.90. The van der Waals surface area contributed by atoms with E-state index >= 15 is 0 Å². The molecule has 1 aromatic carbocycles. The number of carbonyl (C=O) groups excluding carboxylic acids is 3. The molecule has 2 atom stereocenters. The zero-order chi connectivity index (χ0) is 27.3. The van der Waals surface area contributed by atoms with Crippen LogP contribution in [-0.2, 0) is 14.3 Å². The van der Waals surface area contributed by atoms with Gasteiger partial charge in [-0.2, -0.15) is 0 Å². The topological polar surface area (TPSA) is 87.7 Å². The Morgan fingerprint density at radius 2 is 1.64 bits per heavy atom. The monoisotopic (exact) mass is 501 g/mol. The Hall–Kier alpha value is -2.57. The number of amides is 3. The molecule has 1 fully saturated rings. The summed E-state index contributed by atoms with van der Waals surface area (Å²) in [6.07, 6.45) is 5.26. The summed E-state index contributed by atoms with van der Waals surface area (Å²) in [6.45, 7) is 16.9. The Labute approximate surface area is 217 Å². The van der Waals surface area contributed by atoms with Crippen LogP contribution in [0.1, 0.15) is 110 Å². The molecule has 0 aromatic heterocycles. The van der Waals surface area contributed by atoms with Crippen LogP contribution in [0.15, 0.2) is 18.2 Å². The third-order valence-electron chi connectivity index (χ3n) is 7.16. The van der Waals surface area contributed by atoms with Gasteiger partial charge in [-0.1, -0.05) is 44.4 Å². The number of carbonyl (C=O) groups is 3. The molecule has 1 saturated carbocycles.